The van der Waals surface area contributed by atoms with Crippen LogP contribution < -0.4 is 11.1 Å². The highest BCUT2D eigenvalue weighted by Gasteiger charge is 2.31. The van der Waals surface area contributed by atoms with Gasteiger partial charge in [0.2, 0.25) is 0 Å². The molecule has 0 aromatic carbocycles. The average Bonchev–Trinajstić information content (AvgIpc) is 2.85. The number of nitrogens with one attached hydrogen (secondary N) is 1. The number of halogens is 1. The molecule has 2 amide bonds. The first kappa shape index (κ1) is 16.7. The molecule has 2 aliphatic rings. The Bertz CT molecular complexity index is 535. The first-order valence-electron chi connectivity index (χ1n) is 7.41. The second-order valence-electron chi connectivity index (χ2n) is 5.84. The van der Waals surface area contributed by atoms with E-state index >= 15 is 0 Å². The lowest BCUT2D eigenvalue weighted by Gasteiger charge is -2.20. The van der Waals surface area contributed by atoms with Gasteiger partial charge in [0.05, 0.1) is 5.56 Å². The Hall–Kier alpha value is -1.66. The minimum Gasteiger partial charge on any atom is -0.364 e. The van der Waals surface area contributed by atoms with Gasteiger partial charge in [0.25, 0.3) is 11.8 Å². The van der Waals surface area contributed by atoms with E-state index in [2.05, 4.69) is 10.3 Å². The molecule has 2 aliphatic heterocycles. The smallest absolute Gasteiger partial charge is 0.267 e. The zero-order valence-electron chi connectivity index (χ0n) is 12.3. The molecule has 22 heavy (non-hydrogen) atoms. The molecular weight excluding hydrogens is 304 g/mol. The summed E-state index contributed by atoms with van der Waals surface area (Å²) in [6, 6.07) is 3.13. The molecule has 0 radical (unpaired) electrons. The maximum absolute atomic E-state index is 12.5. The quantitative estimate of drug-likeness (QED) is 0.837. The summed E-state index contributed by atoms with van der Waals surface area (Å²) in [6.07, 6.45) is 3.54. The Balaban J connectivity index is 0.00000176. The van der Waals surface area contributed by atoms with Crippen LogP contribution in [-0.2, 0) is 0 Å². The van der Waals surface area contributed by atoms with E-state index in [-0.39, 0.29) is 24.0 Å². The molecule has 0 unspecified atom stereocenters. The van der Waals surface area contributed by atoms with Crippen LogP contribution in [0.15, 0.2) is 18.3 Å². The Kier molecular flexibility index (Phi) is 5.37. The van der Waals surface area contributed by atoms with E-state index in [9.17, 15) is 9.59 Å². The predicted molar refractivity (Wildman–Crippen MR) is 85.0 cm³/mol. The third-order valence-electron chi connectivity index (χ3n) is 4.57. The van der Waals surface area contributed by atoms with Crippen LogP contribution in [0.5, 0.6) is 0 Å². The van der Waals surface area contributed by atoms with E-state index in [1.54, 1.807) is 6.07 Å². The highest BCUT2D eigenvalue weighted by atomic mass is 35.5. The second-order valence-corrected chi connectivity index (χ2v) is 5.84. The van der Waals surface area contributed by atoms with Crippen molar-refractivity contribution in [1.29, 1.82) is 0 Å². The van der Waals surface area contributed by atoms with E-state index in [4.69, 9.17) is 5.73 Å². The van der Waals surface area contributed by atoms with Gasteiger partial charge in [-0.25, -0.2) is 0 Å². The SMILES string of the molecule is Cl.NC(=O)c1ccc(C(=O)N2CC[C@@H]3CNC[C@@H]3CC2)cn1. The molecule has 7 heteroatoms. The van der Waals surface area contributed by atoms with Crippen LogP contribution in [0.2, 0.25) is 0 Å². The van der Waals surface area contributed by atoms with Gasteiger partial charge >= 0.3 is 0 Å². The number of pyridine rings is 1. The number of primary amides is 1. The van der Waals surface area contributed by atoms with Crippen molar-refractivity contribution in [1.82, 2.24) is 15.2 Å². The number of aromatic nitrogens is 1. The Morgan fingerprint density at radius 1 is 1.18 bits per heavy atom. The number of rotatable bonds is 2. The number of fused-ring (bicyclic) bond motifs is 1. The standard InChI is InChI=1S/C15H20N4O2.ClH/c16-14(20)13-2-1-12(9-18-13)15(21)19-5-3-10-7-17-8-11(10)4-6-19;/h1-2,9-11,17H,3-8H2,(H2,16,20);1H/t10-,11+;. The summed E-state index contributed by atoms with van der Waals surface area (Å²) in [5, 5.41) is 3.43. The Morgan fingerprint density at radius 3 is 2.32 bits per heavy atom. The number of likely N-dealkylation sites (tertiary alicyclic amines) is 1. The van der Waals surface area contributed by atoms with Gasteiger partial charge in [-0.2, -0.15) is 0 Å². The third-order valence-corrected chi connectivity index (χ3v) is 4.57. The van der Waals surface area contributed by atoms with Gasteiger partial charge in [-0.15, -0.1) is 12.4 Å². The van der Waals surface area contributed by atoms with E-state index in [0.29, 0.717) is 17.4 Å². The topological polar surface area (TPSA) is 88.3 Å². The van der Waals surface area contributed by atoms with Crippen molar-refractivity contribution in [3.05, 3.63) is 29.6 Å². The van der Waals surface area contributed by atoms with Crippen molar-refractivity contribution in [2.45, 2.75) is 12.8 Å². The number of hydrogen-bond donors (Lipinski definition) is 2. The number of amides is 2. The maximum Gasteiger partial charge on any atom is 0.267 e. The van der Waals surface area contributed by atoms with E-state index in [0.717, 1.165) is 39.0 Å². The molecule has 120 valence electrons. The summed E-state index contributed by atoms with van der Waals surface area (Å²) in [6.45, 7) is 3.72. The number of nitrogens with zero attached hydrogens (tertiary/aromatic N) is 2. The zero-order chi connectivity index (χ0) is 14.8. The van der Waals surface area contributed by atoms with Crippen LogP contribution in [0.25, 0.3) is 0 Å². The molecule has 2 atom stereocenters. The molecule has 3 heterocycles. The van der Waals surface area contributed by atoms with Crippen molar-refractivity contribution in [2.24, 2.45) is 17.6 Å². The van der Waals surface area contributed by atoms with Crippen LogP contribution in [-0.4, -0.2) is 47.9 Å². The van der Waals surface area contributed by atoms with Crippen LogP contribution in [0.3, 0.4) is 0 Å². The molecule has 0 bridgehead atoms. The fourth-order valence-electron chi connectivity index (χ4n) is 3.27. The number of carbonyl (C=O) groups excluding carboxylic acids is 2. The van der Waals surface area contributed by atoms with Gasteiger partial charge in [-0.1, -0.05) is 0 Å². The first-order chi connectivity index (χ1) is 10.1. The normalized spacial score (nSPS) is 24.1. The van der Waals surface area contributed by atoms with Crippen molar-refractivity contribution in [3.63, 3.8) is 0 Å². The fraction of sp³-hybridized carbons (Fsp3) is 0.533. The molecule has 3 rings (SSSR count). The minimum absolute atomic E-state index is 0. The van der Waals surface area contributed by atoms with Crippen molar-refractivity contribution in [3.8, 4) is 0 Å². The molecule has 1 aromatic heterocycles. The number of carbonyl (C=O) groups is 2. The molecule has 0 saturated carbocycles. The summed E-state index contributed by atoms with van der Waals surface area (Å²) < 4.78 is 0. The zero-order valence-corrected chi connectivity index (χ0v) is 13.1. The predicted octanol–water partition coefficient (Wildman–Crippen LogP) is 0.674. The summed E-state index contributed by atoms with van der Waals surface area (Å²) in [7, 11) is 0. The Morgan fingerprint density at radius 2 is 1.82 bits per heavy atom. The highest BCUT2D eigenvalue weighted by Crippen LogP contribution is 2.27. The van der Waals surface area contributed by atoms with Gasteiger partial charge in [0.1, 0.15) is 5.69 Å². The summed E-state index contributed by atoms with van der Waals surface area (Å²) in [5.74, 6) is 0.798. The average molecular weight is 325 g/mol. The van der Waals surface area contributed by atoms with Gasteiger partial charge in [-0.3, -0.25) is 14.6 Å². The third kappa shape index (κ3) is 3.39. The molecular formula is C15H21ClN4O2. The van der Waals surface area contributed by atoms with E-state index in [1.165, 1.54) is 12.3 Å². The molecule has 0 aliphatic carbocycles. The van der Waals surface area contributed by atoms with E-state index < -0.39 is 5.91 Å². The van der Waals surface area contributed by atoms with Gasteiger partial charge in [-0.05, 0) is 49.9 Å². The monoisotopic (exact) mass is 324 g/mol. The lowest BCUT2D eigenvalue weighted by atomic mass is 9.92. The molecule has 3 N–H and O–H groups in total. The fourth-order valence-corrected chi connectivity index (χ4v) is 3.27. The van der Waals surface area contributed by atoms with Crippen molar-refractivity contribution < 1.29 is 9.59 Å². The largest absolute Gasteiger partial charge is 0.364 e. The molecule has 2 saturated heterocycles. The van der Waals surface area contributed by atoms with Crippen molar-refractivity contribution in [2.75, 3.05) is 26.2 Å². The van der Waals surface area contributed by atoms with Gasteiger partial charge < -0.3 is 16.0 Å². The summed E-state index contributed by atoms with van der Waals surface area (Å²) in [4.78, 5) is 29.4. The molecule has 0 spiro atoms. The second kappa shape index (κ2) is 7.07. The van der Waals surface area contributed by atoms with Crippen LogP contribution >= 0.6 is 12.4 Å². The lowest BCUT2D eigenvalue weighted by molar-refractivity contribution is 0.0757. The first-order valence-corrected chi connectivity index (χ1v) is 7.41. The number of hydrogen-bond acceptors (Lipinski definition) is 4. The highest BCUT2D eigenvalue weighted by molar-refractivity contribution is 5.95. The van der Waals surface area contributed by atoms with E-state index in [1.807, 2.05) is 4.90 Å². The van der Waals surface area contributed by atoms with Crippen molar-refractivity contribution >= 4 is 24.2 Å². The van der Waals surface area contributed by atoms with Crippen LogP contribution in [0, 0.1) is 11.8 Å². The minimum atomic E-state index is -0.580. The van der Waals surface area contributed by atoms with Crippen LogP contribution in [0.1, 0.15) is 33.7 Å². The number of nitrogens with two attached hydrogens (primary N) is 1. The van der Waals surface area contributed by atoms with Gasteiger partial charge in [0, 0.05) is 19.3 Å². The lowest BCUT2D eigenvalue weighted by Crippen LogP contribution is -2.33. The Labute approximate surface area is 135 Å². The summed E-state index contributed by atoms with van der Waals surface area (Å²) >= 11 is 0. The molecule has 1 aromatic rings. The summed E-state index contributed by atoms with van der Waals surface area (Å²) in [5.41, 5.74) is 5.86. The maximum atomic E-state index is 12.5. The van der Waals surface area contributed by atoms with Gasteiger partial charge in [0.15, 0.2) is 0 Å². The van der Waals surface area contributed by atoms with Crippen LogP contribution in [0.4, 0.5) is 0 Å². The molecule has 6 nitrogen and oxygen atoms in total. The molecule has 2 fully saturated rings.